The summed E-state index contributed by atoms with van der Waals surface area (Å²) in [6.07, 6.45) is 0.929. The van der Waals surface area contributed by atoms with Gasteiger partial charge < -0.3 is 19.5 Å². The first kappa shape index (κ1) is 19.3. The highest BCUT2D eigenvalue weighted by Gasteiger charge is 2.16. The molecule has 0 radical (unpaired) electrons. The Morgan fingerprint density at radius 3 is 2.54 bits per heavy atom. The number of carbonyl (C=O) groups is 2. The second-order valence-corrected chi connectivity index (χ2v) is 5.33. The monoisotopic (exact) mass is 379 g/mol. The molecular weight excluding hydrogens is 365 g/mol. The third-order valence-corrected chi connectivity index (χ3v) is 3.34. The Balaban J connectivity index is 2.37. The highest BCUT2D eigenvalue weighted by molar-refractivity contribution is 6.31. The van der Waals surface area contributed by atoms with Crippen LogP contribution in [0.25, 0.3) is 0 Å². The van der Waals surface area contributed by atoms with Crippen LogP contribution in [0.4, 0.5) is 10.1 Å². The van der Waals surface area contributed by atoms with Crippen LogP contribution in [0.3, 0.4) is 0 Å². The third-order valence-electron chi connectivity index (χ3n) is 3.10. The summed E-state index contributed by atoms with van der Waals surface area (Å²) < 4.78 is 28.1. The van der Waals surface area contributed by atoms with Crippen LogP contribution in [-0.2, 0) is 19.1 Å². The summed E-state index contributed by atoms with van der Waals surface area (Å²) in [5.41, 5.74) is 0.0769. The molecule has 0 aliphatic rings. The number of nitrogens with one attached hydrogen (secondary N) is 1. The first-order valence-corrected chi connectivity index (χ1v) is 7.68. The van der Waals surface area contributed by atoms with Crippen molar-refractivity contribution in [2.75, 3.05) is 19.5 Å². The highest BCUT2D eigenvalue weighted by atomic mass is 35.5. The Labute approximate surface area is 154 Å². The van der Waals surface area contributed by atoms with E-state index < -0.39 is 17.8 Å². The van der Waals surface area contributed by atoms with E-state index in [4.69, 9.17) is 16.3 Å². The molecule has 0 spiro atoms. The Hall–Kier alpha value is -3.06. The molecule has 8 heteroatoms. The summed E-state index contributed by atoms with van der Waals surface area (Å²) in [5.74, 6) is -1.53. The fraction of sp³-hybridized carbons (Fsp3) is 0.111. The van der Waals surface area contributed by atoms with Gasteiger partial charge in [0.2, 0.25) is 0 Å². The first-order chi connectivity index (χ1) is 12.4. The summed E-state index contributed by atoms with van der Waals surface area (Å²) in [4.78, 5) is 23.4. The zero-order valence-corrected chi connectivity index (χ0v) is 14.7. The van der Waals surface area contributed by atoms with E-state index in [1.807, 2.05) is 0 Å². The molecule has 0 unspecified atom stereocenters. The van der Waals surface area contributed by atoms with Gasteiger partial charge in [0.05, 0.1) is 26.0 Å². The van der Waals surface area contributed by atoms with Gasteiger partial charge in [-0.15, -0.1) is 0 Å². The van der Waals surface area contributed by atoms with E-state index in [1.165, 1.54) is 37.4 Å². The van der Waals surface area contributed by atoms with E-state index in [0.29, 0.717) is 5.02 Å². The van der Waals surface area contributed by atoms with Gasteiger partial charge in [-0.2, -0.15) is 0 Å². The van der Waals surface area contributed by atoms with E-state index >= 15 is 0 Å². The third kappa shape index (κ3) is 5.22. The number of hydrogen-bond donors (Lipinski definition) is 1. The number of anilines is 1. The minimum absolute atomic E-state index is 0.189. The number of rotatable bonds is 6. The summed E-state index contributed by atoms with van der Waals surface area (Å²) in [7, 11) is 2.34. The van der Waals surface area contributed by atoms with Crippen LogP contribution < -0.4 is 10.1 Å². The molecule has 0 fully saturated rings. The maximum Gasteiger partial charge on any atom is 0.354 e. The SMILES string of the molecule is COC(=O)/C=C(/Nc1cc(Cl)ccc1Oc1cccc(F)c1)C(=O)OC. The number of ether oxygens (including phenoxy) is 3. The molecule has 0 saturated carbocycles. The smallest absolute Gasteiger partial charge is 0.354 e. The molecule has 26 heavy (non-hydrogen) atoms. The van der Waals surface area contributed by atoms with Gasteiger partial charge in [0, 0.05) is 11.1 Å². The first-order valence-electron chi connectivity index (χ1n) is 7.31. The van der Waals surface area contributed by atoms with Gasteiger partial charge in [-0.05, 0) is 30.3 Å². The molecule has 2 rings (SSSR count). The summed E-state index contributed by atoms with van der Waals surface area (Å²) >= 11 is 5.99. The van der Waals surface area contributed by atoms with Gasteiger partial charge >= 0.3 is 11.9 Å². The van der Waals surface area contributed by atoms with Gasteiger partial charge in [0.25, 0.3) is 0 Å². The standard InChI is InChI=1S/C18H15ClFNO5/c1-24-17(22)10-15(18(23)25-2)21-14-8-11(19)6-7-16(14)26-13-5-3-4-12(20)9-13/h3-10,21H,1-2H3/b15-10+. The Morgan fingerprint density at radius 2 is 1.88 bits per heavy atom. The summed E-state index contributed by atoms with van der Waals surface area (Å²) in [5, 5.41) is 3.07. The second kappa shape index (κ2) is 8.87. The lowest BCUT2D eigenvalue weighted by molar-refractivity contribution is -0.138. The molecule has 2 aromatic rings. The number of benzene rings is 2. The van der Waals surface area contributed by atoms with Crippen molar-refractivity contribution in [3.63, 3.8) is 0 Å². The van der Waals surface area contributed by atoms with Crippen molar-refractivity contribution < 1.29 is 28.2 Å². The van der Waals surface area contributed by atoms with Crippen LogP contribution >= 0.6 is 11.6 Å². The molecule has 0 aromatic heterocycles. The van der Waals surface area contributed by atoms with Gasteiger partial charge in [-0.3, -0.25) is 0 Å². The minimum atomic E-state index is -0.799. The fourth-order valence-corrected chi connectivity index (χ4v) is 2.10. The zero-order valence-electron chi connectivity index (χ0n) is 13.9. The van der Waals surface area contributed by atoms with Crippen LogP contribution in [0.2, 0.25) is 5.02 Å². The summed E-state index contributed by atoms with van der Waals surface area (Å²) in [6.45, 7) is 0. The Morgan fingerprint density at radius 1 is 1.12 bits per heavy atom. The Bertz CT molecular complexity index is 853. The molecule has 0 amide bonds. The van der Waals surface area contributed by atoms with E-state index in [-0.39, 0.29) is 22.9 Å². The van der Waals surface area contributed by atoms with Gasteiger partial charge in [0.1, 0.15) is 17.3 Å². The number of hydrogen-bond acceptors (Lipinski definition) is 6. The molecule has 1 N–H and O–H groups in total. The molecule has 0 aliphatic heterocycles. The summed E-state index contributed by atoms with van der Waals surface area (Å²) in [6, 6.07) is 10.1. The topological polar surface area (TPSA) is 73.9 Å². The van der Waals surface area contributed by atoms with E-state index in [0.717, 1.165) is 13.2 Å². The minimum Gasteiger partial charge on any atom is -0.466 e. The predicted molar refractivity (Wildman–Crippen MR) is 93.7 cm³/mol. The maximum absolute atomic E-state index is 13.3. The van der Waals surface area contributed by atoms with Gasteiger partial charge in [-0.25, -0.2) is 14.0 Å². The molecule has 6 nitrogen and oxygen atoms in total. The maximum atomic E-state index is 13.3. The average Bonchev–Trinajstić information content (AvgIpc) is 2.62. The van der Waals surface area contributed by atoms with Crippen LogP contribution in [0.5, 0.6) is 11.5 Å². The largest absolute Gasteiger partial charge is 0.466 e. The average molecular weight is 380 g/mol. The van der Waals surface area contributed by atoms with Crippen molar-refractivity contribution in [3.05, 3.63) is 65.1 Å². The molecule has 0 atom stereocenters. The fourth-order valence-electron chi connectivity index (χ4n) is 1.92. The second-order valence-electron chi connectivity index (χ2n) is 4.90. The zero-order chi connectivity index (χ0) is 19.1. The van der Waals surface area contributed by atoms with E-state index in [1.54, 1.807) is 12.1 Å². The van der Waals surface area contributed by atoms with Crippen LogP contribution in [0.1, 0.15) is 0 Å². The van der Waals surface area contributed by atoms with Crippen molar-refractivity contribution in [1.29, 1.82) is 0 Å². The lowest BCUT2D eigenvalue weighted by Gasteiger charge is -2.14. The van der Waals surface area contributed by atoms with Gasteiger partial charge in [-0.1, -0.05) is 17.7 Å². The number of carbonyl (C=O) groups excluding carboxylic acids is 2. The van der Waals surface area contributed by atoms with Crippen molar-refractivity contribution >= 4 is 29.2 Å². The molecule has 2 aromatic carbocycles. The Kier molecular flexibility index (Phi) is 6.57. The van der Waals surface area contributed by atoms with Gasteiger partial charge in [0.15, 0.2) is 5.75 Å². The molecule has 0 bridgehead atoms. The van der Waals surface area contributed by atoms with Crippen molar-refractivity contribution in [3.8, 4) is 11.5 Å². The molecular formula is C18H15ClFNO5. The van der Waals surface area contributed by atoms with Crippen molar-refractivity contribution in [2.45, 2.75) is 0 Å². The van der Waals surface area contributed by atoms with E-state index in [2.05, 4.69) is 14.8 Å². The highest BCUT2D eigenvalue weighted by Crippen LogP contribution is 2.33. The van der Waals surface area contributed by atoms with Crippen LogP contribution in [0.15, 0.2) is 54.2 Å². The molecule has 136 valence electrons. The van der Waals surface area contributed by atoms with Crippen LogP contribution in [-0.4, -0.2) is 26.2 Å². The molecule has 0 heterocycles. The lowest BCUT2D eigenvalue weighted by atomic mass is 10.2. The quantitative estimate of drug-likeness (QED) is 0.606. The number of methoxy groups -OCH3 is 2. The van der Waals surface area contributed by atoms with Crippen molar-refractivity contribution in [1.82, 2.24) is 0 Å². The predicted octanol–water partition coefficient (Wildman–Crippen LogP) is 3.91. The number of esters is 2. The van der Waals surface area contributed by atoms with Crippen LogP contribution in [0, 0.1) is 5.82 Å². The lowest BCUT2D eigenvalue weighted by Crippen LogP contribution is -2.15. The number of halogens is 2. The molecule has 0 aliphatic carbocycles. The van der Waals surface area contributed by atoms with Crippen molar-refractivity contribution in [2.24, 2.45) is 0 Å². The van der Waals surface area contributed by atoms with E-state index in [9.17, 15) is 14.0 Å². The molecule has 0 saturated heterocycles. The normalized spacial score (nSPS) is 10.8.